The fraction of sp³-hybridized carbons (Fsp3) is 0.185. The Hall–Kier alpha value is -4.10. The molecule has 0 saturated heterocycles. The summed E-state index contributed by atoms with van der Waals surface area (Å²) in [7, 11) is 5.52. The third-order valence-electron chi connectivity index (χ3n) is 5.34. The highest BCUT2D eigenvalue weighted by Crippen LogP contribution is 2.29. The number of aromatic nitrogens is 1. The predicted molar refractivity (Wildman–Crippen MR) is 135 cm³/mol. The molecule has 4 aromatic rings. The van der Waals surface area contributed by atoms with Crippen LogP contribution < -0.4 is 10.1 Å². The molecule has 2 aromatic heterocycles. The highest BCUT2D eigenvalue weighted by molar-refractivity contribution is 6.49. The maximum absolute atomic E-state index is 13.5. The Morgan fingerprint density at radius 1 is 1.00 bits per heavy atom. The average molecular weight is 457 g/mol. The molecule has 0 bridgehead atoms. The van der Waals surface area contributed by atoms with Crippen molar-refractivity contribution in [2.24, 2.45) is 5.16 Å². The topological polar surface area (TPSA) is 67.6 Å². The lowest BCUT2D eigenvalue weighted by Gasteiger charge is -2.13. The van der Waals surface area contributed by atoms with Gasteiger partial charge in [0, 0.05) is 29.5 Å². The number of hydrogen-bond acceptors (Lipinski definition) is 5. The number of nitrogens with zero attached hydrogens (tertiary/aromatic N) is 3. The molecule has 174 valence electrons. The summed E-state index contributed by atoms with van der Waals surface area (Å²) >= 11 is 0. The molecule has 0 spiro atoms. The molecular formula is C27H28N4O3. The fourth-order valence-electron chi connectivity index (χ4n) is 3.59. The molecule has 0 unspecified atom stereocenters. The van der Waals surface area contributed by atoms with Gasteiger partial charge in [-0.1, -0.05) is 41.6 Å². The predicted octanol–water partition coefficient (Wildman–Crippen LogP) is 4.54. The van der Waals surface area contributed by atoms with Crippen LogP contribution in [0.25, 0.3) is 16.6 Å². The highest BCUT2D eigenvalue weighted by Gasteiger charge is 2.24. The quantitative estimate of drug-likeness (QED) is 0.228. The van der Waals surface area contributed by atoms with Gasteiger partial charge in [-0.2, -0.15) is 0 Å². The van der Waals surface area contributed by atoms with E-state index in [2.05, 4.69) is 16.5 Å². The first-order chi connectivity index (χ1) is 16.6. The Kier molecular flexibility index (Phi) is 7.25. The molecule has 1 N–H and O–H groups in total. The van der Waals surface area contributed by atoms with Crippen molar-refractivity contribution in [3.8, 4) is 16.9 Å². The van der Waals surface area contributed by atoms with E-state index in [0.29, 0.717) is 30.3 Å². The Bertz CT molecular complexity index is 1280. The van der Waals surface area contributed by atoms with Crippen LogP contribution in [0.1, 0.15) is 5.69 Å². The normalized spacial score (nSPS) is 11.6. The van der Waals surface area contributed by atoms with Crippen LogP contribution in [0.5, 0.6) is 5.75 Å². The van der Waals surface area contributed by atoms with E-state index in [1.807, 2.05) is 78.1 Å². The van der Waals surface area contributed by atoms with Gasteiger partial charge in [0.15, 0.2) is 5.71 Å². The van der Waals surface area contributed by atoms with Crippen LogP contribution in [-0.2, 0) is 9.63 Å². The second-order valence-corrected chi connectivity index (χ2v) is 8.03. The van der Waals surface area contributed by atoms with Crippen LogP contribution in [-0.4, -0.2) is 55.3 Å². The third kappa shape index (κ3) is 5.27. The van der Waals surface area contributed by atoms with Gasteiger partial charge in [0.1, 0.15) is 12.4 Å². The number of carbonyl (C=O) groups is 1. The van der Waals surface area contributed by atoms with Crippen LogP contribution in [0, 0.1) is 0 Å². The number of rotatable bonds is 9. The highest BCUT2D eigenvalue weighted by atomic mass is 16.6. The first-order valence-corrected chi connectivity index (χ1v) is 11.0. The van der Waals surface area contributed by atoms with Crippen molar-refractivity contribution in [2.75, 3.05) is 39.7 Å². The van der Waals surface area contributed by atoms with Crippen molar-refractivity contribution in [1.29, 1.82) is 0 Å². The van der Waals surface area contributed by atoms with E-state index in [4.69, 9.17) is 9.57 Å². The van der Waals surface area contributed by atoms with Gasteiger partial charge in [0.05, 0.1) is 12.8 Å². The Morgan fingerprint density at radius 3 is 2.44 bits per heavy atom. The molecule has 34 heavy (non-hydrogen) atoms. The number of hydrogen-bond donors (Lipinski definition) is 1. The maximum atomic E-state index is 13.5. The largest absolute Gasteiger partial charge is 0.497 e. The zero-order valence-corrected chi connectivity index (χ0v) is 19.6. The van der Waals surface area contributed by atoms with E-state index in [1.165, 1.54) is 0 Å². The molecule has 0 aliphatic heterocycles. The number of likely N-dealkylation sites (N-methyl/N-ethyl adjacent to an activating group) is 1. The number of pyridine rings is 1. The molecule has 2 aromatic carbocycles. The van der Waals surface area contributed by atoms with Crippen molar-refractivity contribution in [2.45, 2.75) is 0 Å². The van der Waals surface area contributed by atoms with Gasteiger partial charge in [-0.15, -0.1) is 0 Å². The van der Waals surface area contributed by atoms with Gasteiger partial charge >= 0.3 is 0 Å². The van der Waals surface area contributed by atoms with E-state index in [-0.39, 0.29) is 11.6 Å². The minimum Gasteiger partial charge on any atom is -0.497 e. The van der Waals surface area contributed by atoms with Crippen LogP contribution in [0.3, 0.4) is 0 Å². The molecule has 0 saturated carbocycles. The number of anilines is 1. The number of nitrogens with one attached hydrogen (secondary N) is 1. The summed E-state index contributed by atoms with van der Waals surface area (Å²) in [6.45, 7) is 1.04. The van der Waals surface area contributed by atoms with E-state index in [9.17, 15) is 4.79 Å². The zero-order chi connectivity index (χ0) is 23.9. The van der Waals surface area contributed by atoms with Crippen molar-refractivity contribution in [3.05, 3.63) is 90.8 Å². The molecular weight excluding hydrogens is 428 g/mol. The second kappa shape index (κ2) is 10.7. The molecule has 1 amide bonds. The molecule has 0 radical (unpaired) electrons. The first kappa shape index (κ1) is 23.1. The van der Waals surface area contributed by atoms with Gasteiger partial charge < -0.3 is 24.2 Å². The van der Waals surface area contributed by atoms with E-state index in [1.54, 1.807) is 31.4 Å². The number of methoxy groups -OCH3 is 1. The molecule has 2 heterocycles. The summed E-state index contributed by atoms with van der Waals surface area (Å²) in [5.41, 5.74) is 4.33. The van der Waals surface area contributed by atoms with Crippen molar-refractivity contribution in [1.82, 2.24) is 9.30 Å². The maximum Gasteiger partial charge on any atom is 0.279 e. The summed E-state index contributed by atoms with van der Waals surface area (Å²) < 4.78 is 7.18. The van der Waals surface area contributed by atoms with Gasteiger partial charge in [-0.05, 0) is 62.1 Å². The fourth-order valence-corrected chi connectivity index (χ4v) is 3.59. The minimum atomic E-state index is -0.365. The van der Waals surface area contributed by atoms with Gasteiger partial charge in [-0.3, -0.25) is 4.79 Å². The van der Waals surface area contributed by atoms with Crippen LogP contribution >= 0.6 is 0 Å². The number of fused-ring (bicyclic) bond motifs is 1. The Morgan fingerprint density at radius 2 is 1.74 bits per heavy atom. The minimum absolute atomic E-state index is 0.194. The Labute approximate surface area is 199 Å². The average Bonchev–Trinajstić information content (AvgIpc) is 3.24. The smallest absolute Gasteiger partial charge is 0.279 e. The molecule has 0 fully saturated rings. The summed E-state index contributed by atoms with van der Waals surface area (Å²) in [6.07, 6.45) is 1.92. The lowest BCUT2D eigenvalue weighted by atomic mass is 10.0. The Balaban J connectivity index is 1.78. The van der Waals surface area contributed by atoms with Gasteiger partial charge in [0.25, 0.3) is 5.91 Å². The first-order valence-electron chi connectivity index (χ1n) is 11.0. The number of benzene rings is 2. The number of oxime groups is 1. The lowest BCUT2D eigenvalue weighted by Crippen LogP contribution is -2.26. The van der Waals surface area contributed by atoms with E-state index in [0.717, 1.165) is 16.6 Å². The molecule has 0 aliphatic carbocycles. The second-order valence-electron chi connectivity index (χ2n) is 8.03. The summed E-state index contributed by atoms with van der Waals surface area (Å²) in [4.78, 5) is 21.2. The van der Waals surface area contributed by atoms with E-state index >= 15 is 0 Å². The third-order valence-corrected chi connectivity index (χ3v) is 5.34. The zero-order valence-electron chi connectivity index (χ0n) is 19.6. The summed E-state index contributed by atoms with van der Waals surface area (Å²) in [6, 6.07) is 25.1. The van der Waals surface area contributed by atoms with Gasteiger partial charge in [0.2, 0.25) is 0 Å². The number of ether oxygens (including phenoxy) is 1. The molecule has 7 heteroatoms. The summed E-state index contributed by atoms with van der Waals surface area (Å²) in [5, 5.41) is 7.28. The van der Waals surface area contributed by atoms with Crippen LogP contribution in [0.4, 0.5) is 5.69 Å². The van der Waals surface area contributed by atoms with Crippen molar-refractivity contribution in [3.63, 3.8) is 0 Å². The van der Waals surface area contributed by atoms with Gasteiger partial charge in [-0.25, -0.2) is 0 Å². The number of carbonyl (C=O) groups excluding carboxylic acids is 1. The standard InChI is InChI=1S/C27H28N4O3/c1-30(2)17-18-34-29-25(27(32)28-21-12-14-23(33-3)15-13-21)26-24(20-9-5-4-6-10-20)19-22-11-7-8-16-31(22)26/h4-16,19H,17-18H2,1-3H3,(H,28,32)/b29-25+. The molecule has 0 aliphatic rings. The molecule has 7 nitrogen and oxygen atoms in total. The monoisotopic (exact) mass is 456 g/mol. The lowest BCUT2D eigenvalue weighted by molar-refractivity contribution is -0.110. The van der Waals surface area contributed by atoms with Crippen LogP contribution in [0.15, 0.2) is 90.2 Å². The van der Waals surface area contributed by atoms with Crippen LogP contribution in [0.2, 0.25) is 0 Å². The SMILES string of the molecule is COc1ccc(NC(=O)/C(=N/OCCN(C)C)c2c(-c3ccccc3)cc3ccccn23)cc1. The van der Waals surface area contributed by atoms with E-state index < -0.39 is 0 Å². The number of amides is 1. The van der Waals surface area contributed by atoms with Crippen molar-refractivity contribution < 1.29 is 14.4 Å². The summed E-state index contributed by atoms with van der Waals surface area (Å²) in [5.74, 6) is 0.346. The molecule has 4 rings (SSSR count). The molecule has 0 atom stereocenters. The van der Waals surface area contributed by atoms with Crippen molar-refractivity contribution >= 4 is 22.8 Å².